The van der Waals surface area contributed by atoms with Crippen molar-refractivity contribution in [1.29, 1.82) is 0 Å². The maximum atomic E-state index is 5.86. The van der Waals surface area contributed by atoms with Crippen molar-refractivity contribution in [3.05, 3.63) is 27.5 Å². The second kappa shape index (κ2) is 3.63. The van der Waals surface area contributed by atoms with Gasteiger partial charge in [0.05, 0.1) is 5.02 Å². The van der Waals surface area contributed by atoms with Gasteiger partial charge in [-0.3, -0.25) is 0 Å². The van der Waals surface area contributed by atoms with Crippen LogP contribution in [0.25, 0.3) is 0 Å². The van der Waals surface area contributed by atoms with Crippen molar-refractivity contribution < 1.29 is 0 Å². The molecule has 1 aromatic rings. The number of aryl methyl sites for hydroxylation is 1. The molecule has 1 rings (SSSR count). The van der Waals surface area contributed by atoms with Crippen LogP contribution in [0.15, 0.2) is 6.07 Å². The van der Waals surface area contributed by atoms with Crippen LogP contribution in [0.1, 0.15) is 31.0 Å². The first-order valence-electron chi connectivity index (χ1n) is 3.85. The van der Waals surface area contributed by atoms with E-state index in [0.29, 0.717) is 16.1 Å². The van der Waals surface area contributed by atoms with Crippen molar-refractivity contribution in [2.45, 2.75) is 26.7 Å². The van der Waals surface area contributed by atoms with Gasteiger partial charge in [0.25, 0.3) is 0 Å². The quantitative estimate of drug-likeness (QED) is 0.633. The minimum atomic E-state index is 0.387. The molecule has 1 heterocycles. The van der Waals surface area contributed by atoms with E-state index in [1.54, 1.807) is 0 Å². The smallest absolute Gasteiger partial charge is 0.148 e. The molecule has 0 unspecified atom stereocenters. The number of pyridine rings is 1. The zero-order chi connectivity index (χ0) is 9.30. The highest BCUT2D eigenvalue weighted by atomic mass is 35.5. The van der Waals surface area contributed by atoms with E-state index in [2.05, 4.69) is 18.8 Å². The largest absolute Gasteiger partial charge is 0.239 e. The van der Waals surface area contributed by atoms with Crippen LogP contribution in [0, 0.1) is 6.92 Å². The summed E-state index contributed by atoms with van der Waals surface area (Å²) in [7, 11) is 0. The average Bonchev–Trinajstić information content (AvgIpc) is 1.99. The van der Waals surface area contributed by atoms with E-state index in [9.17, 15) is 0 Å². The van der Waals surface area contributed by atoms with E-state index in [4.69, 9.17) is 23.2 Å². The molecule has 0 aliphatic carbocycles. The fourth-order valence-electron chi connectivity index (χ4n) is 0.938. The predicted molar refractivity (Wildman–Crippen MR) is 53.1 cm³/mol. The van der Waals surface area contributed by atoms with Crippen LogP contribution in [0.3, 0.4) is 0 Å². The predicted octanol–water partition coefficient (Wildman–Crippen LogP) is 3.82. The summed E-state index contributed by atoms with van der Waals surface area (Å²) in [6.45, 7) is 6.08. The summed E-state index contributed by atoms with van der Waals surface area (Å²) in [5, 5.41) is 0.960. The van der Waals surface area contributed by atoms with Gasteiger partial charge in [0.15, 0.2) is 0 Å². The fourth-order valence-corrected chi connectivity index (χ4v) is 1.28. The summed E-state index contributed by atoms with van der Waals surface area (Å²) in [4.78, 5) is 4.17. The van der Waals surface area contributed by atoms with Gasteiger partial charge in [0.1, 0.15) is 5.15 Å². The molecule has 12 heavy (non-hydrogen) atoms. The third-order valence-corrected chi connectivity index (χ3v) is 2.56. The second-order valence-electron chi connectivity index (χ2n) is 3.12. The van der Waals surface area contributed by atoms with Crippen LogP contribution in [0.5, 0.6) is 0 Å². The molecule has 0 aliphatic rings. The van der Waals surface area contributed by atoms with E-state index >= 15 is 0 Å². The van der Waals surface area contributed by atoms with E-state index in [0.717, 1.165) is 11.3 Å². The van der Waals surface area contributed by atoms with Gasteiger partial charge in [-0.15, -0.1) is 0 Å². The molecule has 0 atom stereocenters. The van der Waals surface area contributed by atoms with Gasteiger partial charge in [0, 0.05) is 5.69 Å². The Morgan fingerprint density at radius 3 is 2.33 bits per heavy atom. The zero-order valence-corrected chi connectivity index (χ0v) is 8.87. The lowest BCUT2D eigenvalue weighted by atomic mass is 10.1. The maximum Gasteiger partial charge on any atom is 0.148 e. The van der Waals surface area contributed by atoms with Crippen molar-refractivity contribution >= 4 is 23.2 Å². The van der Waals surface area contributed by atoms with E-state index < -0.39 is 0 Å². The molecule has 1 nitrogen and oxygen atoms in total. The third-order valence-electron chi connectivity index (χ3n) is 1.71. The fraction of sp³-hybridized carbons (Fsp3) is 0.444. The molecule has 0 spiro atoms. The standard InChI is InChI=1S/C9H11Cl2N/c1-5(2)7-4-6(3)8(10)9(11)12-7/h4-5H,1-3H3. The molecule has 0 fully saturated rings. The Hall–Kier alpha value is -0.270. The van der Waals surface area contributed by atoms with Crippen LogP contribution in [0.2, 0.25) is 10.2 Å². The molecule has 0 radical (unpaired) electrons. The Bertz CT molecular complexity index is 272. The lowest BCUT2D eigenvalue weighted by Crippen LogP contribution is -1.94. The highest BCUT2D eigenvalue weighted by molar-refractivity contribution is 6.41. The molecule has 3 heteroatoms. The molecule has 1 aromatic heterocycles. The Morgan fingerprint density at radius 1 is 1.33 bits per heavy atom. The Balaban J connectivity index is 3.21. The molecule has 0 saturated heterocycles. The second-order valence-corrected chi connectivity index (χ2v) is 3.86. The lowest BCUT2D eigenvalue weighted by Gasteiger charge is -2.07. The molecule has 0 amide bonds. The van der Waals surface area contributed by atoms with E-state index in [-0.39, 0.29) is 0 Å². The van der Waals surface area contributed by atoms with Crippen LogP contribution >= 0.6 is 23.2 Å². The maximum absolute atomic E-state index is 5.86. The number of hydrogen-bond acceptors (Lipinski definition) is 1. The summed E-state index contributed by atoms with van der Waals surface area (Å²) in [6.07, 6.45) is 0. The summed E-state index contributed by atoms with van der Waals surface area (Å²) >= 11 is 11.7. The molecule has 0 bridgehead atoms. The van der Waals surface area contributed by atoms with Crippen molar-refractivity contribution in [1.82, 2.24) is 4.98 Å². The summed E-state index contributed by atoms with van der Waals surface area (Å²) in [5.41, 5.74) is 1.97. The molecular formula is C9H11Cl2N. The lowest BCUT2D eigenvalue weighted by molar-refractivity contribution is 0.821. The first-order chi connectivity index (χ1) is 5.52. The van der Waals surface area contributed by atoms with Gasteiger partial charge in [-0.2, -0.15) is 0 Å². The Morgan fingerprint density at radius 2 is 1.92 bits per heavy atom. The van der Waals surface area contributed by atoms with Crippen molar-refractivity contribution in [2.75, 3.05) is 0 Å². The van der Waals surface area contributed by atoms with Gasteiger partial charge < -0.3 is 0 Å². The molecule has 66 valence electrons. The van der Waals surface area contributed by atoms with Crippen LogP contribution in [-0.4, -0.2) is 4.98 Å². The minimum Gasteiger partial charge on any atom is -0.239 e. The number of halogens is 2. The van der Waals surface area contributed by atoms with Crippen molar-refractivity contribution in [3.8, 4) is 0 Å². The van der Waals surface area contributed by atoms with Gasteiger partial charge in [-0.1, -0.05) is 37.0 Å². The molecule has 0 saturated carbocycles. The molecule has 0 aromatic carbocycles. The van der Waals surface area contributed by atoms with Gasteiger partial charge in [-0.05, 0) is 24.5 Å². The first-order valence-corrected chi connectivity index (χ1v) is 4.60. The van der Waals surface area contributed by atoms with Gasteiger partial charge in [0.2, 0.25) is 0 Å². The molecular weight excluding hydrogens is 193 g/mol. The van der Waals surface area contributed by atoms with Crippen LogP contribution < -0.4 is 0 Å². The third kappa shape index (κ3) is 1.90. The highest BCUT2D eigenvalue weighted by Gasteiger charge is 2.07. The minimum absolute atomic E-state index is 0.387. The molecule has 0 N–H and O–H groups in total. The Labute approximate surface area is 82.7 Å². The SMILES string of the molecule is Cc1cc(C(C)C)nc(Cl)c1Cl. The zero-order valence-electron chi connectivity index (χ0n) is 7.36. The average molecular weight is 204 g/mol. The van der Waals surface area contributed by atoms with Crippen LogP contribution in [-0.2, 0) is 0 Å². The van der Waals surface area contributed by atoms with Gasteiger partial charge >= 0.3 is 0 Å². The molecule has 0 aliphatic heterocycles. The normalized spacial score (nSPS) is 10.8. The Kier molecular flexibility index (Phi) is 2.97. The monoisotopic (exact) mass is 203 g/mol. The first kappa shape index (κ1) is 9.82. The summed E-state index contributed by atoms with van der Waals surface area (Å²) < 4.78 is 0. The number of aromatic nitrogens is 1. The number of hydrogen-bond donors (Lipinski definition) is 0. The summed E-state index contributed by atoms with van der Waals surface area (Å²) in [5.74, 6) is 0.387. The van der Waals surface area contributed by atoms with E-state index in [1.807, 2.05) is 13.0 Å². The van der Waals surface area contributed by atoms with Crippen molar-refractivity contribution in [3.63, 3.8) is 0 Å². The topological polar surface area (TPSA) is 12.9 Å². The highest BCUT2D eigenvalue weighted by Crippen LogP contribution is 2.26. The number of nitrogens with zero attached hydrogens (tertiary/aromatic N) is 1. The van der Waals surface area contributed by atoms with Crippen molar-refractivity contribution in [2.24, 2.45) is 0 Å². The number of rotatable bonds is 1. The van der Waals surface area contributed by atoms with Gasteiger partial charge in [-0.25, -0.2) is 4.98 Å². The van der Waals surface area contributed by atoms with E-state index in [1.165, 1.54) is 0 Å². The van der Waals surface area contributed by atoms with Crippen LogP contribution in [0.4, 0.5) is 0 Å². The summed E-state index contributed by atoms with van der Waals surface area (Å²) in [6, 6.07) is 1.97.